The standard InChI is InChI=1S/C9H16N2O2/c1-3-7-5-8(12)11(4-2)9(13)10-6-7/h7H,3-6H2,1-2H3,(H,10,13). The van der Waals surface area contributed by atoms with E-state index in [-0.39, 0.29) is 11.9 Å². The van der Waals surface area contributed by atoms with Gasteiger partial charge in [0.15, 0.2) is 0 Å². The third-order valence-electron chi connectivity index (χ3n) is 2.45. The van der Waals surface area contributed by atoms with Gasteiger partial charge < -0.3 is 5.32 Å². The Balaban J connectivity index is 2.69. The Bertz CT molecular complexity index is 216. The third kappa shape index (κ3) is 2.20. The highest BCUT2D eigenvalue weighted by molar-refractivity contribution is 5.95. The fourth-order valence-corrected chi connectivity index (χ4v) is 1.48. The molecule has 0 spiro atoms. The number of imide groups is 1. The summed E-state index contributed by atoms with van der Waals surface area (Å²) >= 11 is 0. The molecule has 1 heterocycles. The maximum atomic E-state index is 11.5. The van der Waals surface area contributed by atoms with Crippen LogP contribution in [0, 0.1) is 5.92 Å². The van der Waals surface area contributed by atoms with Crippen LogP contribution in [0.5, 0.6) is 0 Å². The molecule has 0 aliphatic carbocycles. The van der Waals surface area contributed by atoms with Crippen molar-refractivity contribution < 1.29 is 9.59 Å². The summed E-state index contributed by atoms with van der Waals surface area (Å²) in [6, 6.07) is -0.247. The Hall–Kier alpha value is -1.06. The number of amides is 3. The van der Waals surface area contributed by atoms with E-state index in [9.17, 15) is 9.59 Å². The van der Waals surface area contributed by atoms with Gasteiger partial charge in [0.2, 0.25) is 5.91 Å². The average Bonchev–Trinajstić information content (AvgIpc) is 2.25. The lowest BCUT2D eigenvalue weighted by molar-refractivity contribution is -0.128. The van der Waals surface area contributed by atoms with Crippen molar-refractivity contribution in [2.75, 3.05) is 13.1 Å². The largest absolute Gasteiger partial charge is 0.337 e. The zero-order valence-corrected chi connectivity index (χ0v) is 8.17. The molecular weight excluding hydrogens is 168 g/mol. The van der Waals surface area contributed by atoms with Crippen LogP contribution >= 0.6 is 0 Å². The normalized spacial score (nSPS) is 24.2. The zero-order chi connectivity index (χ0) is 9.84. The van der Waals surface area contributed by atoms with E-state index < -0.39 is 0 Å². The van der Waals surface area contributed by atoms with Gasteiger partial charge in [-0.05, 0) is 12.8 Å². The van der Waals surface area contributed by atoms with Gasteiger partial charge in [0, 0.05) is 19.5 Å². The predicted molar refractivity (Wildman–Crippen MR) is 49.2 cm³/mol. The highest BCUT2D eigenvalue weighted by atomic mass is 16.2. The van der Waals surface area contributed by atoms with Gasteiger partial charge in [0.05, 0.1) is 0 Å². The maximum absolute atomic E-state index is 11.5. The second-order valence-corrected chi connectivity index (χ2v) is 3.30. The van der Waals surface area contributed by atoms with E-state index in [1.165, 1.54) is 4.90 Å². The van der Waals surface area contributed by atoms with Crippen LogP contribution in [-0.4, -0.2) is 29.9 Å². The number of hydrogen-bond donors (Lipinski definition) is 1. The fourth-order valence-electron chi connectivity index (χ4n) is 1.48. The molecule has 4 heteroatoms. The Labute approximate surface area is 78.3 Å². The molecule has 1 N–H and O–H groups in total. The van der Waals surface area contributed by atoms with Crippen molar-refractivity contribution in [3.05, 3.63) is 0 Å². The summed E-state index contributed by atoms with van der Waals surface area (Å²) < 4.78 is 0. The summed E-state index contributed by atoms with van der Waals surface area (Å²) in [5.74, 6) is 0.248. The van der Waals surface area contributed by atoms with Crippen LogP contribution < -0.4 is 5.32 Å². The molecule has 1 aliphatic rings. The molecule has 0 aromatic rings. The molecule has 1 unspecified atom stereocenters. The Morgan fingerprint density at radius 3 is 2.69 bits per heavy atom. The second kappa shape index (κ2) is 4.25. The quantitative estimate of drug-likeness (QED) is 0.695. The summed E-state index contributed by atoms with van der Waals surface area (Å²) in [7, 11) is 0. The van der Waals surface area contributed by atoms with E-state index in [4.69, 9.17) is 0 Å². The van der Waals surface area contributed by atoms with E-state index in [1.807, 2.05) is 13.8 Å². The minimum atomic E-state index is -0.247. The molecule has 1 fully saturated rings. The Kier molecular flexibility index (Phi) is 3.28. The van der Waals surface area contributed by atoms with Gasteiger partial charge in [-0.1, -0.05) is 13.3 Å². The topological polar surface area (TPSA) is 49.4 Å². The van der Waals surface area contributed by atoms with E-state index >= 15 is 0 Å². The van der Waals surface area contributed by atoms with Gasteiger partial charge in [-0.2, -0.15) is 0 Å². The van der Waals surface area contributed by atoms with Crippen LogP contribution in [0.4, 0.5) is 4.79 Å². The monoisotopic (exact) mass is 184 g/mol. The van der Waals surface area contributed by atoms with Crippen LogP contribution in [0.25, 0.3) is 0 Å². The van der Waals surface area contributed by atoms with Gasteiger partial charge in [0.25, 0.3) is 0 Å². The van der Waals surface area contributed by atoms with Gasteiger partial charge in [-0.3, -0.25) is 9.69 Å². The van der Waals surface area contributed by atoms with E-state index in [0.717, 1.165) is 6.42 Å². The van der Waals surface area contributed by atoms with Crippen LogP contribution in [-0.2, 0) is 4.79 Å². The number of hydrogen-bond acceptors (Lipinski definition) is 2. The lowest BCUT2D eigenvalue weighted by atomic mass is 10.0. The molecule has 0 saturated carbocycles. The highest BCUT2D eigenvalue weighted by Crippen LogP contribution is 2.12. The summed E-state index contributed by atoms with van der Waals surface area (Å²) in [4.78, 5) is 24.1. The van der Waals surface area contributed by atoms with Gasteiger partial charge in [-0.25, -0.2) is 4.79 Å². The molecule has 3 amide bonds. The van der Waals surface area contributed by atoms with Crippen molar-refractivity contribution in [3.63, 3.8) is 0 Å². The average molecular weight is 184 g/mol. The molecule has 13 heavy (non-hydrogen) atoms. The summed E-state index contributed by atoms with van der Waals surface area (Å²) in [5.41, 5.74) is 0. The molecule has 1 aliphatic heterocycles. The van der Waals surface area contributed by atoms with Crippen molar-refractivity contribution in [2.24, 2.45) is 5.92 Å². The molecule has 1 rings (SSSR count). The van der Waals surface area contributed by atoms with Crippen molar-refractivity contribution in [1.82, 2.24) is 10.2 Å². The van der Waals surface area contributed by atoms with Gasteiger partial charge in [0.1, 0.15) is 0 Å². The van der Waals surface area contributed by atoms with E-state index in [2.05, 4.69) is 5.32 Å². The highest BCUT2D eigenvalue weighted by Gasteiger charge is 2.26. The lowest BCUT2D eigenvalue weighted by Gasteiger charge is -2.15. The first-order chi connectivity index (χ1) is 6.19. The number of urea groups is 1. The number of carbonyl (C=O) groups excluding carboxylic acids is 2. The molecule has 0 aromatic carbocycles. The molecule has 0 bridgehead atoms. The predicted octanol–water partition coefficient (Wildman–Crippen LogP) is 0.974. The van der Waals surface area contributed by atoms with Gasteiger partial charge >= 0.3 is 6.03 Å². The Morgan fingerprint density at radius 1 is 1.46 bits per heavy atom. The Morgan fingerprint density at radius 2 is 2.15 bits per heavy atom. The molecule has 0 radical (unpaired) electrons. The van der Waals surface area contributed by atoms with E-state index in [1.54, 1.807) is 0 Å². The maximum Gasteiger partial charge on any atom is 0.324 e. The van der Waals surface area contributed by atoms with Crippen molar-refractivity contribution >= 4 is 11.9 Å². The fraction of sp³-hybridized carbons (Fsp3) is 0.778. The number of carbonyl (C=O) groups is 2. The SMILES string of the molecule is CCC1CNC(=O)N(CC)C(=O)C1. The summed E-state index contributed by atoms with van der Waals surface area (Å²) in [6.45, 7) is 4.92. The molecule has 1 atom stereocenters. The van der Waals surface area contributed by atoms with Crippen LogP contribution in [0.2, 0.25) is 0 Å². The molecule has 4 nitrogen and oxygen atoms in total. The molecule has 0 aromatic heterocycles. The molecule has 74 valence electrons. The number of nitrogens with one attached hydrogen (secondary N) is 1. The third-order valence-corrected chi connectivity index (χ3v) is 2.45. The van der Waals surface area contributed by atoms with Crippen molar-refractivity contribution in [2.45, 2.75) is 26.7 Å². The molecule has 1 saturated heterocycles. The van der Waals surface area contributed by atoms with Crippen LogP contribution in [0.3, 0.4) is 0 Å². The summed E-state index contributed by atoms with van der Waals surface area (Å²) in [5, 5.41) is 2.74. The zero-order valence-electron chi connectivity index (χ0n) is 8.17. The first-order valence-corrected chi connectivity index (χ1v) is 4.77. The lowest BCUT2D eigenvalue weighted by Crippen LogP contribution is -2.40. The first kappa shape index (κ1) is 10.0. The van der Waals surface area contributed by atoms with Crippen molar-refractivity contribution in [3.8, 4) is 0 Å². The number of rotatable bonds is 2. The smallest absolute Gasteiger partial charge is 0.324 e. The van der Waals surface area contributed by atoms with Crippen molar-refractivity contribution in [1.29, 1.82) is 0 Å². The van der Waals surface area contributed by atoms with Crippen LogP contribution in [0.15, 0.2) is 0 Å². The van der Waals surface area contributed by atoms with E-state index in [0.29, 0.717) is 25.4 Å². The number of nitrogens with zero attached hydrogens (tertiary/aromatic N) is 1. The minimum absolute atomic E-state index is 0.0515. The minimum Gasteiger partial charge on any atom is -0.337 e. The first-order valence-electron chi connectivity index (χ1n) is 4.77. The van der Waals surface area contributed by atoms with Crippen LogP contribution in [0.1, 0.15) is 26.7 Å². The summed E-state index contributed by atoms with van der Waals surface area (Å²) in [6.07, 6.45) is 1.42. The molecular formula is C9H16N2O2. The van der Waals surface area contributed by atoms with Gasteiger partial charge in [-0.15, -0.1) is 0 Å². The second-order valence-electron chi connectivity index (χ2n) is 3.30.